The lowest BCUT2D eigenvalue weighted by atomic mass is 10.0. The quantitative estimate of drug-likeness (QED) is 0.623. The van der Waals surface area contributed by atoms with E-state index in [-0.39, 0.29) is 4.90 Å². The molecule has 1 aliphatic rings. The van der Waals surface area contributed by atoms with Crippen LogP contribution >= 0.6 is 0 Å². The Labute approximate surface area is 188 Å². The number of amides is 2. The van der Waals surface area contributed by atoms with Crippen molar-refractivity contribution in [1.82, 2.24) is 9.62 Å². The topological polar surface area (TPSA) is 69.7 Å². The van der Waals surface area contributed by atoms with Gasteiger partial charge in [-0.15, -0.1) is 0 Å². The van der Waals surface area contributed by atoms with Crippen molar-refractivity contribution >= 4 is 27.4 Å². The van der Waals surface area contributed by atoms with Gasteiger partial charge in [-0.1, -0.05) is 60.2 Å². The summed E-state index contributed by atoms with van der Waals surface area (Å²) in [5.74, 6) is 0. The summed E-state index contributed by atoms with van der Waals surface area (Å²) < 4.78 is 28.0. The molecular formula is C25H25N3O3S. The van der Waals surface area contributed by atoms with E-state index in [1.165, 1.54) is 12.1 Å². The number of aryl methyl sites for hydroxylation is 1. The molecule has 1 N–H and O–H groups in total. The zero-order valence-corrected chi connectivity index (χ0v) is 19.0. The molecule has 6 nitrogen and oxygen atoms in total. The Morgan fingerprint density at radius 2 is 1.50 bits per heavy atom. The summed E-state index contributed by atoms with van der Waals surface area (Å²) in [4.78, 5) is 15.2. The van der Waals surface area contributed by atoms with Gasteiger partial charge in [-0.2, -0.15) is 0 Å². The van der Waals surface area contributed by atoms with Crippen molar-refractivity contribution in [3.8, 4) is 0 Å². The average Bonchev–Trinajstić information content (AvgIpc) is 2.79. The molecule has 0 saturated carbocycles. The Morgan fingerprint density at radius 1 is 0.875 bits per heavy atom. The van der Waals surface area contributed by atoms with Crippen LogP contribution in [0.1, 0.15) is 22.7 Å². The summed E-state index contributed by atoms with van der Waals surface area (Å²) >= 11 is 0. The number of nitrogens with zero attached hydrogens (tertiary/aromatic N) is 2. The maximum absolute atomic E-state index is 13.5. The number of nitrogens with one attached hydrogen (secondary N) is 1. The predicted molar refractivity (Wildman–Crippen MR) is 127 cm³/mol. The van der Waals surface area contributed by atoms with Gasteiger partial charge < -0.3 is 10.2 Å². The first-order valence-corrected chi connectivity index (χ1v) is 11.7. The molecule has 0 bridgehead atoms. The van der Waals surface area contributed by atoms with Crippen LogP contribution in [0, 0.1) is 6.92 Å². The number of hydrogen-bond donors (Lipinski definition) is 1. The minimum absolute atomic E-state index is 0.0738. The molecule has 164 valence electrons. The van der Waals surface area contributed by atoms with Crippen LogP contribution in [0.25, 0.3) is 5.70 Å². The van der Waals surface area contributed by atoms with E-state index in [1.54, 1.807) is 18.2 Å². The van der Waals surface area contributed by atoms with Crippen LogP contribution in [-0.4, -0.2) is 32.8 Å². The molecule has 7 heteroatoms. The van der Waals surface area contributed by atoms with Gasteiger partial charge in [0.25, 0.3) is 10.0 Å². The molecule has 0 saturated heterocycles. The number of carbonyl (C=O) groups excluding carboxylic acids is 1. The molecule has 1 atom stereocenters. The lowest BCUT2D eigenvalue weighted by Crippen LogP contribution is -2.47. The fourth-order valence-corrected chi connectivity index (χ4v) is 5.09. The second-order valence-corrected chi connectivity index (χ2v) is 9.74. The molecular weight excluding hydrogens is 422 g/mol. The highest BCUT2D eigenvalue weighted by Gasteiger charge is 2.39. The molecule has 2 amide bonds. The zero-order chi connectivity index (χ0) is 22.9. The van der Waals surface area contributed by atoms with Crippen LogP contribution in [0.3, 0.4) is 0 Å². The molecule has 4 rings (SSSR count). The first-order valence-electron chi connectivity index (χ1n) is 10.2. The van der Waals surface area contributed by atoms with Crippen molar-refractivity contribution in [2.75, 3.05) is 19.0 Å². The van der Waals surface area contributed by atoms with Gasteiger partial charge >= 0.3 is 6.03 Å². The largest absolute Gasteiger partial charge is 0.378 e. The summed E-state index contributed by atoms with van der Waals surface area (Å²) in [6, 6.07) is 22.0. The number of anilines is 1. The second kappa shape index (κ2) is 8.51. The summed E-state index contributed by atoms with van der Waals surface area (Å²) in [6.07, 6.45) is 1.78. The molecule has 3 aromatic carbocycles. The lowest BCUT2D eigenvalue weighted by Gasteiger charge is -2.34. The minimum Gasteiger partial charge on any atom is -0.378 e. The predicted octanol–water partition coefficient (Wildman–Crippen LogP) is 4.56. The third-order valence-electron chi connectivity index (χ3n) is 5.43. The van der Waals surface area contributed by atoms with Crippen molar-refractivity contribution in [1.29, 1.82) is 0 Å². The van der Waals surface area contributed by atoms with E-state index in [2.05, 4.69) is 5.32 Å². The van der Waals surface area contributed by atoms with Crippen molar-refractivity contribution in [2.24, 2.45) is 0 Å². The van der Waals surface area contributed by atoms with Crippen molar-refractivity contribution < 1.29 is 13.2 Å². The standard InChI is InChI=1S/C25H25N3O3S/c1-18-9-15-22(16-10-18)32(30,31)28-24(20-11-13-21(14-12-20)27(2)3)17-23(26-25(28)29)19-7-5-4-6-8-19/h4-17,24H,1-3H3,(H,26,29). The normalized spacial score (nSPS) is 16.3. The SMILES string of the molecule is Cc1ccc(S(=O)(=O)N2C(=O)NC(c3ccccc3)=CC2c2ccc(N(C)C)cc2)cc1. The lowest BCUT2D eigenvalue weighted by molar-refractivity contribution is 0.219. The van der Waals surface area contributed by atoms with Gasteiger partial charge in [0.15, 0.2) is 0 Å². The summed E-state index contributed by atoms with van der Waals surface area (Å²) in [7, 11) is -0.221. The van der Waals surface area contributed by atoms with Crippen LogP contribution in [0.4, 0.5) is 10.5 Å². The van der Waals surface area contributed by atoms with Crippen molar-refractivity contribution in [2.45, 2.75) is 17.9 Å². The zero-order valence-electron chi connectivity index (χ0n) is 18.2. The van der Waals surface area contributed by atoms with Crippen LogP contribution in [0.2, 0.25) is 0 Å². The number of sulfonamides is 1. The first kappa shape index (κ1) is 21.6. The van der Waals surface area contributed by atoms with Gasteiger partial charge in [0.2, 0.25) is 0 Å². The van der Waals surface area contributed by atoms with Gasteiger partial charge in [0, 0.05) is 25.5 Å². The number of rotatable bonds is 5. The molecule has 0 aromatic heterocycles. The second-order valence-electron chi connectivity index (χ2n) is 7.92. The average molecular weight is 448 g/mol. The summed E-state index contributed by atoms with van der Waals surface area (Å²) in [6.45, 7) is 1.88. The summed E-state index contributed by atoms with van der Waals surface area (Å²) in [5.41, 5.74) is 4.01. The minimum atomic E-state index is -4.09. The molecule has 1 unspecified atom stereocenters. The smallest absolute Gasteiger partial charge is 0.336 e. The van der Waals surface area contributed by atoms with Gasteiger partial charge in [0.1, 0.15) is 0 Å². The molecule has 0 spiro atoms. The van der Waals surface area contributed by atoms with E-state index in [9.17, 15) is 13.2 Å². The Bertz CT molecular complexity index is 1250. The van der Waals surface area contributed by atoms with E-state index in [4.69, 9.17) is 0 Å². The van der Waals surface area contributed by atoms with E-state index in [0.29, 0.717) is 11.3 Å². The summed E-state index contributed by atoms with van der Waals surface area (Å²) in [5, 5.41) is 2.76. The Balaban J connectivity index is 1.84. The number of hydrogen-bond acceptors (Lipinski definition) is 4. The maximum Gasteiger partial charge on any atom is 0.336 e. The molecule has 1 heterocycles. The molecule has 0 fully saturated rings. The van der Waals surface area contributed by atoms with E-state index < -0.39 is 22.1 Å². The molecule has 1 aliphatic heterocycles. The van der Waals surface area contributed by atoms with E-state index in [0.717, 1.165) is 21.1 Å². The molecule has 32 heavy (non-hydrogen) atoms. The number of carbonyl (C=O) groups is 1. The molecule has 0 radical (unpaired) electrons. The van der Waals surface area contributed by atoms with Crippen LogP contribution in [0.5, 0.6) is 0 Å². The van der Waals surface area contributed by atoms with Gasteiger partial charge in [-0.25, -0.2) is 17.5 Å². The Kier molecular flexibility index (Phi) is 5.76. The van der Waals surface area contributed by atoms with Gasteiger partial charge in [-0.3, -0.25) is 0 Å². The number of urea groups is 1. The third-order valence-corrected chi connectivity index (χ3v) is 7.21. The van der Waals surface area contributed by atoms with Crippen LogP contribution in [-0.2, 0) is 10.0 Å². The fourth-order valence-electron chi connectivity index (χ4n) is 3.63. The highest BCUT2D eigenvalue weighted by molar-refractivity contribution is 7.89. The van der Waals surface area contributed by atoms with Crippen LogP contribution < -0.4 is 10.2 Å². The fraction of sp³-hybridized carbons (Fsp3) is 0.160. The monoisotopic (exact) mass is 447 g/mol. The highest BCUT2D eigenvalue weighted by atomic mass is 32.2. The third kappa shape index (κ3) is 4.11. The van der Waals surface area contributed by atoms with Crippen LogP contribution in [0.15, 0.2) is 89.8 Å². The highest BCUT2D eigenvalue weighted by Crippen LogP contribution is 2.35. The van der Waals surface area contributed by atoms with E-state index >= 15 is 0 Å². The molecule has 3 aromatic rings. The van der Waals surface area contributed by atoms with E-state index in [1.807, 2.05) is 80.5 Å². The number of benzene rings is 3. The Morgan fingerprint density at radius 3 is 2.09 bits per heavy atom. The first-order chi connectivity index (χ1) is 15.3. The van der Waals surface area contributed by atoms with Gasteiger partial charge in [0.05, 0.1) is 10.9 Å². The van der Waals surface area contributed by atoms with Crippen molar-refractivity contribution in [3.63, 3.8) is 0 Å². The van der Waals surface area contributed by atoms with Gasteiger partial charge in [-0.05, 0) is 48.4 Å². The Hall–Kier alpha value is -3.58. The maximum atomic E-state index is 13.5. The molecule has 0 aliphatic carbocycles. The van der Waals surface area contributed by atoms with Crippen molar-refractivity contribution in [3.05, 3.63) is 102 Å².